The first-order valence-electron chi connectivity index (χ1n) is 8.09. The van der Waals surface area contributed by atoms with E-state index in [1.54, 1.807) is 0 Å². The second-order valence-electron chi connectivity index (χ2n) is 5.20. The van der Waals surface area contributed by atoms with E-state index in [0.29, 0.717) is 0 Å². The normalized spacial score (nSPS) is 9.73. The number of hydrogen-bond donors (Lipinski definition) is 0. The molecule has 0 fully saturated rings. The van der Waals surface area contributed by atoms with E-state index in [4.69, 9.17) is 22.3 Å². The van der Waals surface area contributed by atoms with Crippen LogP contribution < -0.4 is 9.47 Å². The predicted molar refractivity (Wildman–Crippen MR) is 92.0 cm³/mol. The molecule has 0 aliphatic carbocycles. The second-order valence-corrected chi connectivity index (χ2v) is 5.20. The molecule has 0 amide bonds. The van der Waals surface area contributed by atoms with Crippen LogP contribution in [0.2, 0.25) is 0 Å². The standard InChI is InChI=1S/C20H26O2/c1-3-5-7-9-11-16-21-19-14-13-15-20(18-19)22-17-12-10-8-6-4-2/h1-2,13-15,18H,5-12,16-17H2. The average molecular weight is 298 g/mol. The summed E-state index contributed by atoms with van der Waals surface area (Å²) in [5.41, 5.74) is 0. The molecule has 0 aliphatic rings. The van der Waals surface area contributed by atoms with Gasteiger partial charge in [0.15, 0.2) is 0 Å². The van der Waals surface area contributed by atoms with Gasteiger partial charge in [-0.3, -0.25) is 0 Å². The Morgan fingerprint density at radius 3 is 1.68 bits per heavy atom. The molecule has 0 saturated carbocycles. The molecule has 1 aromatic rings. The Balaban J connectivity index is 2.16. The molecule has 1 aromatic carbocycles. The molecular formula is C20H26O2. The maximum Gasteiger partial charge on any atom is 0.122 e. The minimum absolute atomic E-state index is 0.722. The summed E-state index contributed by atoms with van der Waals surface area (Å²) in [6.07, 6.45) is 18.6. The third-order valence-electron chi connectivity index (χ3n) is 3.27. The van der Waals surface area contributed by atoms with Crippen LogP contribution in [0.25, 0.3) is 0 Å². The van der Waals surface area contributed by atoms with Gasteiger partial charge in [-0.25, -0.2) is 0 Å². The zero-order chi connectivity index (χ0) is 15.9. The Labute approximate surface area is 135 Å². The van der Waals surface area contributed by atoms with Gasteiger partial charge in [0.25, 0.3) is 0 Å². The summed E-state index contributed by atoms with van der Waals surface area (Å²) in [7, 11) is 0. The van der Waals surface area contributed by atoms with Crippen molar-refractivity contribution in [2.24, 2.45) is 0 Å². The minimum atomic E-state index is 0.722. The van der Waals surface area contributed by atoms with Crippen molar-refractivity contribution in [2.45, 2.75) is 51.4 Å². The number of rotatable bonds is 12. The van der Waals surface area contributed by atoms with Crippen molar-refractivity contribution < 1.29 is 9.47 Å². The second kappa shape index (κ2) is 12.7. The van der Waals surface area contributed by atoms with Gasteiger partial charge in [-0.2, -0.15) is 0 Å². The molecule has 22 heavy (non-hydrogen) atoms. The largest absolute Gasteiger partial charge is 0.493 e. The van der Waals surface area contributed by atoms with Gasteiger partial charge in [-0.1, -0.05) is 6.07 Å². The van der Waals surface area contributed by atoms with E-state index in [-0.39, 0.29) is 0 Å². The molecule has 1 rings (SSSR count). The number of ether oxygens (including phenoxy) is 2. The topological polar surface area (TPSA) is 18.5 Å². The molecule has 2 heteroatoms. The molecule has 0 bridgehead atoms. The van der Waals surface area contributed by atoms with Crippen LogP contribution in [0.5, 0.6) is 11.5 Å². The van der Waals surface area contributed by atoms with Crippen LogP contribution >= 0.6 is 0 Å². The van der Waals surface area contributed by atoms with E-state index >= 15 is 0 Å². The molecule has 2 nitrogen and oxygen atoms in total. The van der Waals surface area contributed by atoms with Gasteiger partial charge in [-0.15, -0.1) is 24.7 Å². The highest BCUT2D eigenvalue weighted by molar-refractivity contribution is 5.32. The first-order valence-corrected chi connectivity index (χ1v) is 8.09. The van der Waals surface area contributed by atoms with Crippen molar-refractivity contribution in [1.82, 2.24) is 0 Å². The van der Waals surface area contributed by atoms with Crippen molar-refractivity contribution in [3.8, 4) is 36.2 Å². The SMILES string of the molecule is C#CCCCCCOc1cccc(OCCCCCC#C)c1. The molecule has 0 atom stereocenters. The van der Waals surface area contributed by atoms with Gasteiger partial charge in [-0.05, 0) is 50.7 Å². The lowest BCUT2D eigenvalue weighted by atomic mass is 10.2. The molecule has 0 saturated heterocycles. The highest BCUT2D eigenvalue weighted by Gasteiger charge is 1.98. The van der Waals surface area contributed by atoms with Crippen LogP contribution in [-0.2, 0) is 0 Å². The van der Waals surface area contributed by atoms with Gasteiger partial charge in [0.1, 0.15) is 11.5 Å². The Morgan fingerprint density at radius 2 is 1.23 bits per heavy atom. The quantitative estimate of drug-likeness (QED) is 0.406. The molecule has 0 radical (unpaired) electrons. The lowest BCUT2D eigenvalue weighted by molar-refractivity contribution is 0.291. The average Bonchev–Trinajstić information content (AvgIpc) is 2.54. The molecule has 0 aliphatic heterocycles. The van der Waals surface area contributed by atoms with Crippen molar-refractivity contribution >= 4 is 0 Å². The molecule has 118 valence electrons. The highest BCUT2D eigenvalue weighted by atomic mass is 16.5. The summed E-state index contributed by atoms with van der Waals surface area (Å²) in [6.45, 7) is 1.44. The van der Waals surface area contributed by atoms with Gasteiger partial charge in [0, 0.05) is 18.9 Å². The Morgan fingerprint density at radius 1 is 0.727 bits per heavy atom. The van der Waals surface area contributed by atoms with Gasteiger partial charge in [0.05, 0.1) is 13.2 Å². The smallest absolute Gasteiger partial charge is 0.122 e. The lowest BCUT2D eigenvalue weighted by Crippen LogP contribution is -1.99. The summed E-state index contributed by atoms with van der Waals surface area (Å²) in [6, 6.07) is 7.83. The molecule has 0 N–H and O–H groups in total. The first-order chi connectivity index (χ1) is 10.9. The van der Waals surface area contributed by atoms with Gasteiger partial charge in [0.2, 0.25) is 0 Å². The summed E-state index contributed by atoms with van der Waals surface area (Å²) < 4.78 is 11.5. The predicted octanol–water partition coefficient (Wildman–Crippen LogP) is 4.83. The van der Waals surface area contributed by atoms with Crippen LogP contribution in [0, 0.1) is 24.7 Å². The van der Waals surface area contributed by atoms with Crippen molar-refractivity contribution in [3.63, 3.8) is 0 Å². The minimum Gasteiger partial charge on any atom is -0.493 e. The van der Waals surface area contributed by atoms with Gasteiger partial charge >= 0.3 is 0 Å². The summed E-state index contributed by atoms with van der Waals surface area (Å²) >= 11 is 0. The van der Waals surface area contributed by atoms with Gasteiger partial charge < -0.3 is 9.47 Å². The van der Waals surface area contributed by atoms with E-state index in [1.165, 1.54) is 0 Å². The first kappa shape index (κ1) is 18.0. The van der Waals surface area contributed by atoms with Crippen LogP contribution in [0.4, 0.5) is 0 Å². The third kappa shape index (κ3) is 8.98. The molecule has 0 spiro atoms. The van der Waals surface area contributed by atoms with E-state index < -0.39 is 0 Å². The van der Waals surface area contributed by atoms with E-state index in [9.17, 15) is 0 Å². The maximum atomic E-state index is 5.73. The van der Waals surface area contributed by atoms with E-state index in [2.05, 4.69) is 11.8 Å². The summed E-state index contributed by atoms with van der Waals surface area (Å²) in [4.78, 5) is 0. The summed E-state index contributed by atoms with van der Waals surface area (Å²) in [5, 5.41) is 0. The fraction of sp³-hybridized carbons (Fsp3) is 0.500. The number of hydrogen-bond acceptors (Lipinski definition) is 2. The van der Waals surface area contributed by atoms with Crippen molar-refractivity contribution in [2.75, 3.05) is 13.2 Å². The Bertz CT molecular complexity index is 438. The molecule has 0 heterocycles. The number of benzene rings is 1. The highest BCUT2D eigenvalue weighted by Crippen LogP contribution is 2.20. The Kier molecular flexibility index (Phi) is 10.4. The fourth-order valence-corrected chi connectivity index (χ4v) is 2.05. The molecule has 0 aromatic heterocycles. The zero-order valence-electron chi connectivity index (χ0n) is 13.4. The Hall–Kier alpha value is -2.06. The third-order valence-corrected chi connectivity index (χ3v) is 3.27. The van der Waals surface area contributed by atoms with E-state index in [1.807, 2.05) is 24.3 Å². The van der Waals surface area contributed by atoms with Crippen LogP contribution in [-0.4, -0.2) is 13.2 Å². The zero-order valence-corrected chi connectivity index (χ0v) is 13.4. The molecule has 0 unspecified atom stereocenters. The number of terminal acetylenes is 2. The van der Waals surface area contributed by atoms with Crippen molar-refractivity contribution in [1.29, 1.82) is 0 Å². The van der Waals surface area contributed by atoms with Crippen LogP contribution in [0.1, 0.15) is 51.4 Å². The lowest BCUT2D eigenvalue weighted by Gasteiger charge is -2.09. The van der Waals surface area contributed by atoms with Crippen LogP contribution in [0.15, 0.2) is 24.3 Å². The van der Waals surface area contributed by atoms with E-state index in [0.717, 1.165) is 76.1 Å². The molecular weight excluding hydrogens is 272 g/mol. The monoisotopic (exact) mass is 298 g/mol. The maximum absolute atomic E-state index is 5.73. The van der Waals surface area contributed by atoms with Crippen molar-refractivity contribution in [3.05, 3.63) is 24.3 Å². The summed E-state index contributed by atoms with van der Waals surface area (Å²) in [5.74, 6) is 7.03. The fourth-order valence-electron chi connectivity index (χ4n) is 2.05. The number of unbranched alkanes of at least 4 members (excludes halogenated alkanes) is 6. The van der Waals surface area contributed by atoms with Crippen LogP contribution in [0.3, 0.4) is 0 Å².